The molecule has 1 aliphatic carbocycles. The number of nitrogens with one attached hydrogen (secondary N) is 2. The zero-order valence-corrected chi connectivity index (χ0v) is 11.5. The van der Waals surface area contributed by atoms with E-state index in [4.69, 9.17) is 5.73 Å². The van der Waals surface area contributed by atoms with Gasteiger partial charge in [0, 0.05) is 12.6 Å². The van der Waals surface area contributed by atoms with Gasteiger partial charge < -0.3 is 16.4 Å². The smallest absolute Gasteiger partial charge is 0.242 e. The van der Waals surface area contributed by atoms with Crippen molar-refractivity contribution < 1.29 is 9.59 Å². The van der Waals surface area contributed by atoms with Crippen LogP contribution in [0.1, 0.15) is 40.0 Å². The summed E-state index contributed by atoms with van der Waals surface area (Å²) in [4.78, 5) is 23.7. The van der Waals surface area contributed by atoms with Crippen LogP contribution in [0.2, 0.25) is 0 Å². The van der Waals surface area contributed by atoms with Crippen molar-refractivity contribution in [1.82, 2.24) is 10.6 Å². The fraction of sp³-hybridized carbons (Fsp3) is 0.846. The van der Waals surface area contributed by atoms with E-state index >= 15 is 0 Å². The molecule has 1 fully saturated rings. The fourth-order valence-corrected chi connectivity index (χ4v) is 1.83. The third-order valence-corrected chi connectivity index (χ3v) is 3.09. The summed E-state index contributed by atoms with van der Waals surface area (Å²) < 4.78 is 0. The zero-order chi connectivity index (χ0) is 13.7. The van der Waals surface area contributed by atoms with Gasteiger partial charge in [-0.2, -0.15) is 0 Å². The maximum absolute atomic E-state index is 12.0. The third kappa shape index (κ3) is 5.04. The van der Waals surface area contributed by atoms with Crippen LogP contribution in [0.5, 0.6) is 0 Å². The number of hydrogen-bond donors (Lipinski definition) is 3. The number of hydrogen-bond acceptors (Lipinski definition) is 3. The van der Waals surface area contributed by atoms with Crippen LogP contribution < -0.4 is 16.4 Å². The Bertz CT molecular complexity index is 301. The first kappa shape index (κ1) is 15.0. The van der Waals surface area contributed by atoms with Gasteiger partial charge in [-0.05, 0) is 32.1 Å². The van der Waals surface area contributed by atoms with Crippen LogP contribution in [0.25, 0.3) is 0 Å². The van der Waals surface area contributed by atoms with Gasteiger partial charge in [-0.15, -0.1) is 0 Å². The Labute approximate surface area is 109 Å². The first-order valence-electron chi connectivity index (χ1n) is 6.74. The highest BCUT2D eigenvalue weighted by Gasteiger charge is 2.27. The molecule has 0 aromatic heterocycles. The minimum Gasteiger partial charge on any atom is -0.352 e. The molecule has 1 rings (SSSR count). The Morgan fingerprint density at radius 1 is 1.22 bits per heavy atom. The minimum absolute atomic E-state index is 0.105. The fourth-order valence-electron chi connectivity index (χ4n) is 1.83. The Kier molecular flexibility index (Phi) is 5.59. The molecule has 0 radical (unpaired) electrons. The van der Waals surface area contributed by atoms with Crippen molar-refractivity contribution in [3.63, 3.8) is 0 Å². The van der Waals surface area contributed by atoms with Crippen molar-refractivity contribution in [2.24, 2.45) is 17.6 Å². The molecule has 0 bridgehead atoms. The Morgan fingerprint density at radius 3 is 2.28 bits per heavy atom. The van der Waals surface area contributed by atoms with Crippen molar-refractivity contribution >= 4 is 11.8 Å². The number of carbonyl (C=O) groups is 2. The third-order valence-electron chi connectivity index (χ3n) is 3.09. The van der Waals surface area contributed by atoms with Crippen LogP contribution in [0.4, 0.5) is 0 Å². The number of rotatable bonds is 7. The molecule has 5 nitrogen and oxygen atoms in total. The van der Waals surface area contributed by atoms with Crippen LogP contribution in [-0.2, 0) is 9.59 Å². The van der Waals surface area contributed by atoms with E-state index < -0.39 is 6.04 Å². The zero-order valence-electron chi connectivity index (χ0n) is 11.5. The summed E-state index contributed by atoms with van der Waals surface area (Å²) in [6.45, 7) is 6.14. The van der Waals surface area contributed by atoms with Gasteiger partial charge in [0.05, 0.1) is 5.92 Å². The van der Waals surface area contributed by atoms with Crippen molar-refractivity contribution in [1.29, 1.82) is 0 Å². The second kappa shape index (κ2) is 6.73. The summed E-state index contributed by atoms with van der Waals surface area (Å²) in [6, 6.07) is -0.169. The average molecular weight is 255 g/mol. The molecule has 18 heavy (non-hydrogen) atoms. The minimum atomic E-state index is -0.487. The summed E-state index contributed by atoms with van der Waals surface area (Å²) >= 11 is 0. The van der Waals surface area contributed by atoms with E-state index in [9.17, 15) is 9.59 Å². The van der Waals surface area contributed by atoms with Gasteiger partial charge in [0.2, 0.25) is 11.8 Å². The maximum Gasteiger partial charge on any atom is 0.242 e. The highest BCUT2D eigenvalue weighted by Crippen LogP contribution is 2.18. The Hall–Kier alpha value is -1.10. The molecule has 1 aliphatic rings. The van der Waals surface area contributed by atoms with Gasteiger partial charge in [-0.3, -0.25) is 9.59 Å². The standard InChI is InChI=1S/C13H25N3O2/c1-8(2)6-10(7-14)13(18)15-9(3)12(17)16-11-4-5-11/h8-11H,4-7,14H2,1-3H3,(H,15,18)(H,16,17). The van der Waals surface area contributed by atoms with E-state index in [1.54, 1.807) is 6.92 Å². The van der Waals surface area contributed by atoms with E-state index in [-0.39, 0.29) is 17.7 Å². The molecule has 4 N–H and O–H groups in total. The van der Waals surface area contributed by atoms with E-state index in [1.807, 2.05) is 0 Å². The van der Waals surface area contributed by atoms with Crippen LogP contribution in [0.3, 0.4) is 0 Å². The van der Waals surface area contributed by atoms with Crippen molar-refractivity contribution in [2.75, 3.05) is 6.54 Å². The molecule has 2 atom stereocenters. The van der Waals surface area contributed by atoms with Crippen molar-refractivity contribution in [3.8, 4) is 0 Å². The topological polar surface area (TPSA) is 84.2 Å². The number of carbonyl (C=O) groups excluding carboxylic acids is 2. The lowest BCUT2D eigenvalue weighted by Crippen LogP contribution is -2.48. The van der Waals surface area contributed by atoms with Gasteiger partial charge in [-0.1, -0.05) is 13.8 Å². The first-order chi connectivity index (χ1) is 8.43. The highest BCUT2D eigenvalue weighted by atomic mass is 16.2. The van der Waals surface area contributed by atoms with E-state index in [2.05, 4.69) is 24.5 Å². The molecule has 0 aromatic rings. The Balaban J connectivity index is 2.38. The summed E-state index contributed by atoms with van der Waals surface area (Å²) in [5, 5.41) is 5.61. The molecule has 0 aliphatic heterocycles. The SMILES string of the molecule is CC(C)CC(CN)C(=O)NC(C)C(=O)NC1CC1. The second-order valence-corrected chi connectivity index (χ2v) is 5.58. The molecular weight excluding hydrogens is 230 g/mol. The predicted molar refractivity (Wildman–Crippen MR) is 70.8 cm³/mol. The Morgan fingerprint density at radius 2 is 1.83 bits per heavy atom. The van der Waals surface area contributed by atoms with Crippen molar-refractivity contribution in [2.45, 2.75) is 52.1 Å². The second-order valence-electron chi connectivity index (χ2n) is 5.58. The number of nitrogens with two attached hydrogens (primary N) is 1. The summed E-state index contributed by atoms with van der Waals surface area (Å²) in [7, 11) is 0. The average Bonchev–Trinajstić information content (AvgIpc) is 3.09. The summed E-state index contributed by atoms with van der Waals surface area (Å²) in [5.74, 6) is -0.0168. The maximum atomic E-state index is 12.0. The molecule has 0 aromatic carbocycles. The lowest BCUT2D eigenvalue weighted by atomic mass is 9.96. The van der Waals surface area contributed by atoms with Crippen LogP contribution in [0.15, 0.2) is 0 Å². The summed E-state index contributed by atoms with van der Waals surface area (Å²) in [5.41, 5.74) is 5.60. The molecule has 5 heteroatoms. The molecule has 1 saturated carbocycles. The normalized spacial score (nSPS) is 18.3. The van der Waals surface area contributed by atoms with Gasteiger partial charge in [-0.25, -0.2) is 0 Å². The van der Waals surface area contributed by atoms with Crippen LogP contribution >= 0.6 is 0 Å². The van der Waals surface area contributed by atoms with E-state index in [0.29, 0.717) is 18.5 Å². The van der Waals surface area contributed by atoms with Gasteiger partial charge in [0.1, 0.15) is 6.04 Å². The van der Waals surface area contributed by atoms with E-state index in [0.717, 1.165) is 19.3 Å². The molecule has 0 heterocycles. The molecular formula is C13H25N3O2. The lowest BCUT2D eigenvalue weighted by molar-refractivity contribution is -0.131. The molecule has 104 valence electrons. The van der Waals surface area contributed by atoms with Gasteiger partial charge in [0.25, 0.3) is 0 Å². The van der Waals surface area contributed by atoms with E-state index in [1.165, 1.54) is 0 Å². The van der Waals surface area contributed by atoms with Crippen molar-refractivity contribution in [3.05, 3.63) is 0 Å². The number of amides is 2. The molecule has 2 unspecified atom stereocenters. The summed E-state index contributed by atoms with van der Waals surface area (Å²) in [6.07, 6.45) is 2.84. The van der Waals surface area contributed by atoms with Gasteiger partial charge >= 0.3 is 0 Å². The largest absolute Gasteiger partial charge is 0.352 e. The first-order valence-corrected chi connectivity index (χ1v) is 6.74. The van der Waals surface area contributed by atoms with Gasteiger partial charge in [0.15, 0.2) is 0 Å². The quantitative estimate of drug-likeness (QED) is 0.615. The molecule has 0 saturated heterocycles. The lowest BCUT2D eigenvalue weighted by Gasteiger charge is -2.20. The molecule has 0 spiro atoms. The predicted octanol–water partition coefficient (Wildman–Crippen LogP) is 0.391. The monoisotopic (exact) mass is 255 g/mol. The van der Waals surface area contributed by atoms with Crippen LogP contribution in [0, 0.1) is 11.8 Å². The molecule has 2 amide bonds. The highest BCUT2D eigenvalue weighted by molar-refractivity contribution is 5.88. The van der Waals surface area contributed by atoms with Crippen LogP contribution in [-0.4, -0.2) is 30.4 Å².